The Hall–Kier alpha value is -0.730. The second kappa shape index (κ2) is 5.55. The van der Waals surface area contributed by atoms with Gasteiger partial charge in [-0.2, -0.15) is 0 Å². The van der Waals surface area contributed by atoms with Crippen molar-refractivity contribution in [2.24, 2.45) is 0 Å². The summed E-state index contributed by atoms with van der Waals surface area (Å²) in [6.07, 6.45) is 8.52. The topological polar surface area (TPSA) is 20.2 Å². The molecular formula is C14H18OS. The second-order valence-electron chi connectivity index (χ2n) is 4.20. The van der Waals surface area contributed by atoms with Crippen molar-refractivity contribution in [2.75, 3.05) is 6.26 Å². The summed E-state index contributed by atoms with van der Waals surface area (Å²) in [6.45, 7) is 0. The van der Waals surface area contributed by atoms with Crippen LogP contribution in [0.3, 0.4) is 0 Å². The van der Waals surface area contributed by atoms with E-state index in [4.69, 9.17) is 0 Å². The molecule has 1 atom stereocenters. The van der Waals surface area contributed by atoms with Crippen molar-refractivity contribution in [1.82, 2.24) is 0 Å². The Kier molecular flexibility index (Phi) is 4.08. The molecule has 1 aliphatic rings. The van der Waals surface area contributed by atoms with E-state index >= 15 is 0 Å². The first-order valence-electron chi connectivity index (χ1n) is 5.82. The molecule has 0 aromatic heterocycles. The maximum absolute atomic E-state index is 10.2. The highest BCUT2D eigenvalue weighted by atomic mass is 32.2. The van der Waals surface area contributed by atoms with Gasteiger partial charge in [-0.05, 0) is 55.2 Å². The molecular weight excluding hydrogens is 216 g/mol. The van der Waals surface area contributed by atoms with Crippen LogP contribution < -0.4 is 0 Å². The summed E-state index contributed by atoms with van der Waals surface area (Å²) in [5.41, 5.74) is 2.22. The average Bonchev–Trinajstić information content (AvgIpc) is 2.39. The molecule has 0 saturated carbocycles. The second-order valence-corrected chi connectivity index (χ2v) is 5.08. The zero-order valence-electron chi connectivity index (χ0n) is 9.65. The smallest absolute Gasteiger partial charge is 0.100 e. The molecule has 86 valence electrons. The van der Waals surface area contributed by atoms with Crippen LogP contribution in [0.4, 0.5) is 0 Å². The summed E-state index contributed by atoms with van der Waals surface area (Å²) in [4.78, 5) is 1.24. The van der Waals surface area contributed by atoms with E-state index in [0.29, 0.717) is 0 Å². The molecule has 0 radical (unpaired) electrons. The fourth-order valence-corrected chi connectivity index (χ4v) is 2.52. The van der Waals surface area contributed by atoms with Crippen molar-refractivity contribution in [1.29, 1.82) is 0 Å². The van der Waals surface area contributed by atoms with E-state index in [-0.39, 0.29) is 0 Å². The lowest BCUT2D eigenvalue weighted by Gasteiger charge is -2.19. The molecule has 2 rings (SSSR count). The van der Waals surface area contributed by atoms with Gasteiger partial charge in [0, 0.05) is 4.90 Å². The van der Waals surface area contributed by atoms with Gasteiger partial charge in [0.05, 0.1) is 0 Å². The summed E-state index contributed by atoms with van der Waals surface area (Å²) < 4.78 is 0. The lowest BCUT2D eigenvalue weighted by molar-refractivity contribution is 0.208. The molecule has 0 bridgehead atoms. The van der Waals surface area contributed by atoms with Crippen molar-refractivity contribution in [3.63, 3.8) is 0 Å². The molecule has 1 N–H and O–H groups in total. The molecule has 0 saturated heterocycles. The highest BCUT2D eigenvalue weighted by Crippen LogP contribution is 2.30. The summed E-state index contributed by atoms with van der Waals surface area (Å²) in [5, 5.41) is 10.2. The Morgan fingerprint density at radius 2 is 1.94 bits per heavy atom. The number of hydrogen-bond acceptors (Lipinski definition) is 2. The molecule has 1 nitrogen and oxygen atoms in total. The summed E-state index contributed by atoms with van der Waals surface area (Å²) >= 11 is 1.73. The lowest BCUT2D eigenvalue weighted by Crippen LogP contribution is -2.04. The monoisotopic (exact) mass is 234 g/mol. The Morgan fingerprint density at radius 1 is 1.19 bits per heavy atom. The van der Waals surface area contributed by atoms with Gasteiger partial charge in [0.15, 0.2) is 0 Å². The number of benzene rings is 1. The van der Waals surface area contributed by atoms with Crippen LogP contribution in [-0.2, 0) is 0 Å². The van der Waals surface area contributed by atoms with Gasteiger partial charge < -0.3 is 5.11 Å². The molecule has 0 amide bonds. The SMILES string of the molecule is CSc1ccc(C(O)C2=CCCCC2)cc1. The standard InChI is InChI=1S/C14H18OS/c1-16-13-9-7-12(8-10-13)14(15)11-5-3-2-4-6-11/h5,7-10,14-15H,2-4,6H2,1H3. The highest BCUT2D eigenvalue weighted by Gasteiger charge is 2.14. The van der Waals surface area contributed by atoms with E-state index in [9.17, 15) is 5.11 Å². The molecule has 0 heterocycles. The minimum Gasteiger partial charge on any atom is -0.384 e. The minimum atomic E-state index is -0.392. The van der Waals surface area contributed by atoms with Crippen molar-refractivity contribution in [3.8, 4) is 0 Å². The highest BCUT2D eigenvalue weighted by molar-refractivity contribution is 7.98. The number of aliphatic hydroxyl groups excluding tert-OH is 1. The van der Waals surface area contributed by atoms with E-state index < -0.39 is 6.10 Å². The van der Waals surface area contributed by atoms with E-state index in [1.54, 1.807) is 11.8 Å². The zero-order chi connectivity index (χ0) is 11.4. The minimum absolute atomic E-state index is 0.392. The average molecular weight is 234 g/mol. The molecule has 1 aliphatic carbocycles. The van der Waals surface area contributed by atoms with E-state index in [0.717, 1.165) is 18.4 Å². The van der Waals surface area contributed by atoms with Crippen LogP contribution >= 0.6 is 11.8 Å². The third-order valence-electron chi connectivity index (χ3n) is 3.11. The first-order valence-corrected chi connectivity index (χ1v) is 7.04. The van der Waals surface area contributed by atoms with Crippen molar-refractivity contribution in [3.05, 3.63) is 41.5 Å². The lowest BCUT2D eigenvalue weighted by atomic mass is 9.92. The number of allylic oxidation sites excluding steroid dienone is 1. The summed E-state index contributed by atoms with van der Waals surface area (Å²) in [7, 11) is 0. The van der Waals surface area contributed by atoms with E-state index in [2.05, 4.69) is 24.5 Å². The van der Waals surface area contributed by atoms with E-state index in [1.807, 2.05) is 12.1 Å². The molecule has 1 aromatic carbocycles. The van der Waals surface area contributed by atoms with Gasteiger partial charge in [-0.25, -0.2) is 0 Å². The van der Waals surface area contributed by atoms with Gasteiger partial charge >= 0.3 is 0 Å². The third-order valence-corrected chi connectivity index (χ3v) is 3.85. The number of thioether (sulfide) groups is 1. The van der Waals surface area contributed by atoms with Gasteiger partial charge in [-0.3, -0.25) is 0 Å². The van der Waals surface area contributed by atoms with Gasteiger partial charge in [-0.1, -0.05) is 18.2 Å². The van der Waals surface area contributed by atoms with E-state index in [1.165, 1.54) is 23.3 Å². The predicted octanol–water partition coefficient (Wildman–Crippen LogP) is 3.94. The van der Waals surface area contributed by atoms with Crippen LogP contribution in [0.1, 0.15) is 37.4 Å². The van der Waals surface area contributed by atoms with Gasteiger partial charge in [0.2, 0.25) is 0 Å². The van der Waals surface area contributed by atoms with Crippen LogP contribution in [0.15, 0.2) is 40.8 Å². The fourth-order valence-electron chi connectivity index (χ4n) is 2.11. The van der Waals surface area contributed by atoms with Gasteiger partial charge in [-0.15, -0.1) is 11.8 Å². The van der Waals surface area contributed by atoms with Crippen molar-refractivity contribution in [2.45, 2.75) is 36.7 Å². The molecule has 0 aliphatic heterocycles. The maximum Gasteiger partial charge on any atom is 0.100 e. The first-order chi connectivity index (χ1) is 7.81. The Bertz CT molecular complexity index is 367. The normalized spacial score (nSPS) is 18.0. The molecule has 0 spiro atoms. The molecule has 16 heavy (non-hydrogen) atoms. The van der Waals surface area contributed by atoms with Crippen LogP contribution in [0.2, 0.25) is 0 Å². The van der Waals surface area contributed by atoms with Crippen molar-refractivity contribution < 1.29 is 5.11 Å². The van der Waals surface area contributed by atoms with Gasteiger partial charge in [0.25, 0.3) is 0 Å². The molecule has 0 fully saturated rings. The van der Waals surface area contributed by atoms with Crippen molar-refractivity contribution >= 4 is 11.8 Å². The summed E-state index contributed by atoms with van der Waals surface area (Å²) in [5.74, 6) is 0. The fraction of sp³-hybridized carbons (Fsp3) is 0.429. The molecule has 2 heteroatoms. The van der Waals surface area contributed by atoms with Crippen LogP contribution in [0.25, 0.3) is 0 Å². The van der Waals surface area contributed by atoms with Crippen LogP contribution in [0.5, 0.6) is 0 Å². The van der Waals surface area contributed by atoms with Crippen LogP contribution in [0, 0.1) is 0 Å². The van der Waals surface area contributed by atoms with Crippen LogP contribution in [-0.4, -0.2) is 11.4 Å². The largest absolute Gasteiger partial charge is 0.384 e. The Morgan fingerprint density at radius 3 is 2.50 bits per heavy atom. The summed E-state index contributed by atoms with van der Waals surface area (Å²) in [6, 6.07) is 8.22. The number of hydrogen-bond donors (Lipinski definition) is 1. The molecule has 1 aromatic rings. The Balaban J connectivity index is 2.13. The number of rotatable bonds is 3. The number of aliphatic hydroxyl groups is 1. The third kappa shape index (κ3) is 2.69. The maximum atomic E-state index is 10.2. The molecule has 1 unspecified atom stereocenters. The Labute approximate surface area is 102 Å². The first kappa shape index (κ1) is 11.7. The van der Waals surface area contributed by atoms with Gasteiger partial charge in [0.1, 0.15) is 6.10 Å². The predicted molar refractivity (Wildman–Crippen MR) is 69.7 cm³/mol. The quantitative estimate of drug-likeness (QED) is 0.631. The zero-order valence-corrected chi connectivity index (χ0v) is 10.5.